The number of pyridine rings is 1. The highest BCUT2D eigenvalue weighted by atomic mass is 16.5. The Morgan fingerprint density at radius 2 is 1.92 bits per heavy atom. The van der Waals surface area contributed by atoms with Crippen LogP contribution in [0.15, 0.2) is 42.7 Å². The van der Waals surface area contributed by atoms with Gasteiger partial charge in [-0.05, 0) is 48.7 Å². The molecule has 5 heteroatoms. The first-order valence-corrected chi connectivity index (χ1v) is 8.71. The van der Waals surface area contributed by atoms with Crippen LogP contribution in [0.3, 0.4) is 0 Å². The topological polar surface area (TPSA) is 45.7 Å². The fourth-order valence-corrected chi connectivity index (χ4v) is 2.95. The summed E-state index contributed by atoms with van der Waals surface area (Å²) in [7, 11) is 0. The molecule has 0 bridgehead atoms. The molecular formula is C20H25N3O2. The van der Waals surface area contributed by atoms with Crippen LogP contribution in [0.2, 0.25) is 0 Å². The zero-order valence-corrected chi connectivity index (χ0v) is 14.9. The number of ether oxygens (including phenoxy) is 1. The van der Waals surface area contributed by atoms with Gasteiger partial charge in [0, 0.05) is 45.1 Å². The second-order valence-electron chi connectivity index (χ2n) is 6.55. The van der Waals surface area contributed by atoms with Crippen LogP contribution in [0.25, 0.3) is 0 Å². The molecular weight excluding hydrogens is 314 g/mol. The maximum Gasteiger partial charge on any atom is 0.260 e. The van der Waals surface area contributed by atoms with Crippen LogP contribution in [-0.2, 0) is 11.3 Å². The molecule has 1 amide bonds. The van der Waals surface area contributed by atoms with Crippen molar-refractivity contribution >= 4 is 5.91 Å². The van der Waals surface area contributed by atoms with E-state index in [-0.39, 0.29) is 12.5 Å². The third-order valence-electron chi connectivity index (χ3n) is 4.69. The van der Waals surface area contributed by atoms with Gasteiger partial charge in [0.1, 0.15) is 5.75 Å². The van der Waals surface area contributed by atoms with Gasteiger partial charge in [-0.3, -0.25) is 14.7 Å². The fourth-order valence-electron chi connectivity index (χ4n) is 2.95. The highest BCUT2D eigenvalue weighted by Gasteiger charge is 2.21. The summed E-state index contributed by atoms with van der Waals surface area (Å²) in [6, 6.07) is 9.96. The van der Waals surface area contributed by atoms with Crippen LogP contribution in [0, 0.1) is 13.8 Å². The molecule has 0 saturated carbocycles. The number of hydrogen-bond donors (Lipinski definition) is 0. The molecule has 5 nitrogen and oxygen atoms in total. The lowest BCUT2D eigenvalue weighted by atomic mass is 10.1. The highest BCUT2D eigenvalue weighted by Crippen LogP contribution is 2.16. The summed E-state index contributed by atoms with van der Waals surface area (Å²) in [6.07, 6.45) is 3.69. The lowest BCUT2D eigenvalue weighted by Crippen LogP contribution is -2.49. The molecule has 25 heavy (non-hydrogen) atoms. The normalized spacial score (nSPS) is 15.2. The lowest BCUT2D eigenvalue weighted by molar-refractivity contribution is -0.135. The van der Waals surface area contributed by atoms with E-state index < -0.39 is 0 Å². The Balaban J connectivity index is 1.44. The van der Waals surface area contributed by atoms with Crippen molar-refractivity contribution in [1.29, 1.82) is 0 Å². The first-order valence-electron chi connectivity index (χ1n) is 8.71. The van der Waals surface area contributed by atoms with Gasteiger partial charge in [-0.1, -0.05) is 12.1 Å². The maximum absolute atomic E-state index is 12.4. The van der Waals surface area contributed by atoms with Gasteiger partial charge < -0.3 is 9.64 Å². The number of aryl methyl sites for hydroxylation is 2. The Bertz CT molecular complexity index is 710. The molecule has 2 heterocycles. The van der Waals surface area contributed by atoms with E-state index in [0.29, 0.717) is 0 Å². The number of piperazine rings is 1. The minimum absolute atomic E-state index is 0.0549. The molecule has 0 unspecified atom stereocenters. The largest absolute Gasteiger partial charge is 0.484 e. The Hall–Kier alpha value is -2.40. The molecule has 0 atom stereocenters. The number of carbonyl (C=O) groups excluding carboxylic acids is 1. The summed E-state index contributed by atoms with van der Waals surface area (Å²) in [5.74, 6) is 0.811. The highest BCUT2D eigenvalue weighted by molar-refractivity contribution is 5.77. The smallest absolute Gasteiger partial charge is 0.260 e. The van der Waals surface area contributed by atoms with Gasteiger partial charge >= 0.3 is 0 Å². The molecule has 2 aromatic rings. The zero-order chi connectivity index (χ0) is 17.6. The number of carbonyl (C=O) groups is 1. The fraction of sp³-hybridized carbons (Fsp3) is 0.400. The van der Waals surface area contributed by atoms with Crippen LogP contribution in [0.1, 0.15) is 16.7 Å². The standard InChI is InChI=1S/C20H25N3O2/c1-16-5-6-19(12-17(16)2)25-15-20(24)23-10-8-22(9-11-23)14-18-4-3-7-21-13-18/h3-7,12-13H,8-11,14-15H2,1-2H3. The number of amides is 1. The molecule has 1 aliphatic heterocycles. The Kier molecular flexibility index (Phi) is 5.66. The van der Waals surface area contributed by atoms with Gasteiger partial charge in [-0.15, -0.1) is 0 Å². The van der Waals surface area contributed by atoms with E-state index in [1.807, 2.05) is 42.3 Å². The van der Waals surface area contributed by atoms with E-state index in [1.165, 1.54) is 16.7 Å². The quantitative estimate of drug-likeness (QED) is 0.839. The second-order valence-corrected chi connectivity index (χ2v) is 6.55. The van der Waals surface area contributed by atoms with Crippen LogP contribution >= 0.6 is 0 Å². The first-order chi connectivity index (χ1) is 12.1. The monoisotopic (exact) mass is 339 g/mol. The Labute approximate surface area is 149 Å². The predicted octanol–water partition coefficient (Wildman–Crippen LogP) is 2.42. The number of aromatic nitrogens is 1. The van der Waals surface area contributed by atoms with Crippen LogP contribution in [0.5, 0.6) is 5.75 Å². The molecule has 1 aromatic carbocycles. The van der Waals surface area contributed by atoms with Crippen LogP contribution in [0.4, 0.5) is 0 Å². The van der Waals surface area contributed by atoms with Crippen molar-refractivity contribution in [3.05, 3.63) is 59.4 Å². The molecule has 1 saturated heterocycles. The summed E-state index contributed by atoms with van der Waals surface area (Å²) in [5.41, 5.74) is 3.61. The molecule has 0 spiro atoms. The number of benzene rings is 1. The Morgan fingerprint density at radius 3 is 2.60 bits per heavy atom. The molecule has 0 radical (unpaired) electrons. The van der Waals surface area contributed by atoms with Gasteiger partial charge in [0.25, 0.3) is 5.91 Å². The van der Waals surface area contributed by atoms with Gasteiger partial charge in [0.05, 0.1) is 0 Å². The van der Waals surface area contributed by atoms with Crippen LogP contribution in [-0.4, -0.2) is 53.5 Å². The number of nitrogens with zero attached hydrogens (tertiary/aromatic N) is 3. The summed E-state index contributed by atoms with van der Waals surface area (Å²) in [6.45, 7) is 8.35. The van der Waals surface area contributed by atoms with Gasteiger partial charge in [-0.25, -0.2) is 0 Å². The summed E-state index contributed by atoms with van der Waals surface area (Å²) in [4.78, 5) is 20.8. The number of hydrogen-bond acceptors (Lipinski definition) is 4. The summed E-state index contributed by atoms with van der Waals surface area (Å²) in [5, 5.41) is 0. The molecule has 3 rings (SSSR count). The van der Waals surface area contributed by atoms with Crippen molar-refractivity contribution in [3.63, 3.8) is 0 Å². The SMILES string of the molecule is Cc1ccc(OCC(=O)N2CCN(Cc3cccnc3)CC2)cc1C. The van der Waals surface area contributed by atoms with Crippen LogP contribution < -0.4 is 4.74 Å². The maximum atomic E-state index is 12.4. The average molecular weight is 339 g/mol. The summed E-state index contributed by atoms with van der Waals surface area (Å²) < 4.78 is 5.67. The molecule has 1 aliphatic rings. The van der Waals surface area contributed by atoms with Gasteiger partial charge in [0.2, 0.25) is 0 Å². The number of rotatable bonds is 5. The Morgan fingerprint density at radius 1 is 1.12 bits per heavy atom. The lowest BCUT2D eigenvalue weighted by Gasteiger charge is -2.34. The van der Waals surface area contributed by atoms with E-state index in [4.69, 9.17) is 4.74 Å². The molecule has 1 fully saturated rings. The minimum Gasteiger partial charge on any atom is -0.484 e. The van der Waals surface area contributed by atoms with Crippen molar-refractivity contribution in [2.24, 2.45) is 0 Å². The van der Waals surface area contributed by atoms with Crippen molar-refractivity contribution in [2.45, 2.75) is 20.4 Å². The average Bonchev–Trinajstić information content (AvgIpc) is 2.64. The van der Waals surface area contributed by atoms with E-state index >= 15 is 0 Å². The predicted molar refractivity (Wildman–Crippen MR) is 97.5 cm³/mol. The van der Waals surface area contributed by atoms with E-state index in [1.54, 1.807) is 6.20 Å². The molecule has 0 N–H and O–H groups in total. The van der Waals surface area contributed by atoms with Crippen molar-refractivity contribution in [2.75, 3.05) is 32.8 Å². The third kappa shape index (κ3) is 4.79. The molecule has 132 valence electrons. The van der Waals surface area contributed by atoms with Crippen molar-refractivity contribution in [1.82, 2.24) is 14.8 Å². The molecule has 0 aliphatic carbocycles. The van der Waals surface area contributed by atoms with Crippen molar-refractivity contribution < 1.29 is 9.53 Å². The van der Waals surface area contributed by atoms with Gasteiger partial charge in [-0.2, -0.15) is 0 Å². The summed E-state index contributed by atoms with van der Waals surface area (Å²) >= 11 is 0. The first kappa shape index (κ1) is 17.4. The van der Waals surface area contributed by atoms with E-state index in [9.17, 15) is 4.79 Å². The van der Waals surface area contributed by atoms with E-state index in [2.05, 4.69) is 22.9 Å². The van der Waals surface area contributed by atoms with Crippen molar-refractivity contribution in [3.8, 4) is 5.75 Å². The van der Waals surface area contributed by atoms with Gasteiger partial charge in [0.15, 0.2) is 6.61 Å². The third-order valence-corrected chi connectivity index (χ3v) is 4.69. The minimum atomic E-state index is 0.0549. The van der Waals surface area contributed by atoms with E-state index in [0.717, 1.165) is 38.5 Å². The zero-order valence-electron chi connectivity index (χ0n) is 14.9. The second kappa shape index (κ2) is 8.12. The molecule has 1 aromatic heterocycles.